The van der Waals surface area contributed by atoms with Gasteiger partial charge in [0.05, 0.1) is 7.11 Å². The minimum absolute atomic E-state index is 0.0164. The van der Waals surface area contributed by atoms with Gasteiger partial charge in [-0.2, -0.15) is 0 Å². The van der Waals surface area contributed by atoms with E-state index >= 15 is 0 Å². The van der Waals surface area contributed by atoms with Gasteiger partial charge in [-0.15, -0.1) is 0 Å². The maximum Gasteiger partial charge on any atom is 0.244 e. The lowest BCUT2D eigenvalue weighted by atomic mass is 10.3. The van der Waals surface area contributed by atoms with Crippen LogP contribution in [0.15, 0.2) is 23.1 Å². The quantitative estimate of drug-likeness (QED) is 0.707. The van der Waals surface area contributed by atoms with Crippen LogP contribution in [0, 0.1) is 0 Å². The monoisotopic (exact) mass is 306 g/mol. The van der Waals surface area contributed by atoms with Gasteiger partial charge < -0.3 is 10.5 Å². The summed E-state index contributed by atoms with van der Waals surface area (Å²) in [5, 5.41) is 0. The van der Waals surface area contributed by atoms with Crippen molar-refractivity contribution < 1.29 is 17.4 Å². The average molecular weight is 306 g/mol. The van der Waals surface area contributed by atoms with Crippen molar-refractivity contribution >= 4 is 26.5 Å². The zero-order chi connectivity index (χ0) is 14.5. The van der Waals surface area contributed by atoms with Crippen molar-refractivity contribution in [3.63, 3.8) is 0 Å². The number of nitrogen functional groups attached to an aromatic ring is 1. The zero-order valence-corrected chi connectivity index (χ0v) is 12.5. The summed E-state index contributed by atoms with van der Waals surface area (Å²) >= 11 is 0. The summed E-state index contributed by atoms with van der Waals surface area (Å²) in [6, 6.07) is 4.38. The maximum absolute atomic E-state index is 12.1. The minimum atomic E-state index is -3.72. The molecule has 1 unspecified atom stereocenters. The van der Waals surface area contributed by atoms with E-state index in [2.05, 4.69) is 4.72 Å². The van der Waals surface area contributed by atoms with Crippen LogP contribution in [0.4, 0.5) is 5.69 Å². The fourth-order valence-electron chi connectivity index (χ4n) is 1.42. The molecular formula is C11H18N2O4S2. The molecule has 8 heteroatoms. The van der Waals surface area contributed by atoms with Crippen LogP contribution in [0.3, 0.4) is 0 Å². The predicted octanol–water partition coefficient (Wildman–Crippen LogP) is 0.324. The molecule has 1 rings (SSSR count). The molecule has 6 nitrogen and oxygen atoms in total. The topological polar surface area (TPSA) is 98.5 Å². The third-order valence-electron chi connectivity index (χ3n) is 2.42. The molecule has 0 amide bonds. The fourth-order valence-corrected chi connectivity index (χ4v) is 3.40. The molecular weight excluding hydrogens is 288 g/mol. The number of ether oxygens (including phenoxy) is 1. The third kappa shape index (κ3) is 4.48. The number of benzene rings is 1. The molecule has 3 N–H and O–H groups in total. The normalized spacial score (nSPS) is 13.2. The third-order valence-corrected chi connectivity index (χ3v) is 5.21. The highest BCUT2D eigenvalue weighted by atomic mass is 32.2. The van der Waals surface area contributed by atoms with Crippen LogP contribution >= 0.6 is 0 Å². The first-order chi connectivity index (χ1) is 8.90. The van der Waals surface area contributed by atoms with Gasteiger partial charge in [-0.05, 0) is 18.2 Å². The molecule has 19 heavy (non-hydrogen) atoms. The van der Waals surface area contributed by atoms with E-state index in [1.165, 1.54) is 19.2 Å². The molecule has 0 saturated carbocycles. The number of rotatable bonds is 7. The molecule has 0 aliphatic heterocycles. The van der Waals surface area contributed by atoms with Crippen molar-refractivity contribution in [3.8, 4) is 5.75 Å². The van der Waals surface area contributed by atoms with Crippen LogP contribution in [0.2, 0.25) is 0 Å². The van der Waals surface area contributed by atoms with E-state index in [1.54, 1.807) is 13.0 Å². The lowest BCUT2D eigenvalue weighted by Gasteiger charge is -2.11. The second-order valence-corrected chi connectivity index (χ2v) is 7.34. The Morgan fingerprint density at radius 3 is 2.68 bits per heavy atom. The average Bonchev–Trinajstić information content (AvgIpc) is 2.38. The largest absolute Gasteiger partial charge is 0.495 e. The van der Waals surface area contributed by atoms with Crippen LogP contribution in [0.25, 0.3) is 0 Å². The van der Waals surface area contributed by atoms with Crippen LogP contribution in [0.5, 0.6) is 5.75 Å². The molecule has 0 spiro atoms. The molecule has 0 aliphatic carbocycles. The molecule has 0 saturated heterocycles. The Balaban J connectivity index is 2.88. The molecule has 1 atom stereocenters. The molecule has 1 aromatic carbocycles. The second-order valence-electron chi connectivity index (χ2n) is 3.74. The van der Waals surface area contributed by atoms with Crippen molar-refractivity contribution in [2.75, 3.05) is 30.9 Å². The van der Waals surface area contributed by atoms with Gasteiger partial charge in [-0.3, -0.25) is 4.21 Å². The second kappa shape index (κ2) is 6.88. The molecule has 0 fully saturated rings. The van der Waals surface area contributed by atoms with Crippen molar-refractivity contribution in [1.82, 2.24) is 4.72 Å². The molecule has 0 radical (unpaired) electrons. The first-order valence-electron chi connectivity index (χ1n) is 5.69. The Kier molecular flexibility index (Phi) is 5.77. The van der Waals surface area contributed by atoms with Crippen LogP contribution < -0.4 is 15.2 Å². The van der Waals surface area contributed by atoms with E-state index in [9.17, 15) is 12.6 Å². The first-order valence-corrected chi connectivity index (χ1v) is 8.66. The van der Waals surface area contributed by atoms with E-state index in [-0.39, 0.29) is 22.9 Å². The predicted molar refractivity (Wildman–Crippen MR) is 76.1 cm³/mol. The minimum Gasteiger partial charge on any atom is -0.495 e. The zero-order valence-electron chi connectivity index (χ0n) is 10.9. The van der Waals surface area contributed by atoms with Crippen LogP contribution in [-0.4, -0.2) is 37.8 Å². The summed E-state index contributed by atoms with van der Waals surface area (Å²) in [4.78, 5) is -0.0164. The fraction of sp³-hybridized carbons (Fsp3) is 0.455. The van der Waals surface area contributed by atoms with Crippen molar-refractivity contribution in [3.05, 3.63) is 18.2 Å². The summed E-state index contributed by atoms with van der Waals surface area (Å²) in [6.07, 6.45) is 0. The highest BCUT2D eigenvalue weighted by Crippen LogP contribution is 2.25. The Bertz CT molecular complexity index is 558. The Morgan fingerprint density at radius 2 is 2.11 bits per heavy atom. The number of anilines is 1. The van der Waals surface area contributed by atoms with Gasteiger partial charge >= 0.3 is 0 Å². The molecule has 0 bridgehead atoms. The van der Waals surface area contributed by atoms with Gasteiger partial charge in [0, 0.05) is 34.5 Å². The van der Waals surface area contributed by atoms with E-state index in [4.69, 9.17) is 10.5 Å². The molecule has 108 valence electrons. The molecule has 0 aliphatic rings. The summed E-state index contributed by atoms with van der Waals surface area (Å²) < 4.78 is 42.8. The molecule has 0 aromatic heterocycles. The highest BCUT2D eigenvalue weighted by Gasteiger charge is 2.19. The highest BCUT2D eigenvalue weighted by molar-refractivity contribution is 7.89. The lowest BCUT2D eigenvalue weighted by Crippen LogP contribution is -2.28. The standard InChI is InChI=1S/C11H18N2O4S2/c1-3-18(14)7-6-13-19(15,16)11-8-9(12)4-5-10(11)17-2/h4-5,8,13H,3,6-7,12H2,1-2H3. The molecule has 1 aromatic rings. The van der Waals surface area contributed by atoms with Gasteiger partial charge in [-0.1, -0.05) is 6.92 Å². The van der Waals surface area contributed by atoms with E-state index < -0.39 is 20.8 Å². The summed E-state index contributed by atoms with van der Waals surface area (Å²) in [7, 11) is -3.35. The van der Waals surface area contributed by atoms with Crippen molar-refractivity contribution in [2.45, 2.75) is 11.8 Å². The Hall–Kier alpha value is -1.12. The smallest absolute Gasteiger partial charge is 0.244 e. The Morgan fingerprint density at radius 1 is 1.42 bits per heavy atom. The van der Waals surface area contributed by atoms with E-state index in [0.29, 0.717) is 11.4 Å². The maximum atomic E-state index is 12.1. The number of hydrogen-bond donors (Lipinski definition) is 2. The number of sulfonamides is 1. The first kappa shape index (κ1) is 15.9. The number of methoxy groups -OCH3 is 1. The number of hydrogen-bond acceptors (Lipinski definition) is 5. The SMILES string of the molecule is CCS(=O)CCNS(=O)(=O)c1cc(N)ccc1OC. The van der Waals surface area contributed by atoms with Gasteiger partial charge in [0.2, 0.25) is 10.0 Å². The number of nitrogens with two attached hydrogens (primary N) is 1. The van der Waals surface area contributed by atoms with Crippen molar-refractivity contribution in [2.24, 2.45) is 0 Å². The van der Waals surface area contributed by atoms with E-state index in [1.807, 2.05) is 0 Å². The van der Waals surface area contributed by atoms with Gasteiger partial charge in [0.15, 0.2) is 0 Å². The van der Waals surface area contributed by atoms with Gasteiger partial charge in [0.1, 0.15) is 10.6 Å². The van der Waals surface area contributed by atoms with Crippen LogP contribution in [0.1, 0.15) is 6.92 Å². The van der Waals surface area contributed by atoms with Crippen LogP contribution in [-0.2, 0) is 20.8 Å². The summed E-state index contributed by atoms with van der Waals surface area (Å²) in [5.41, 5.74) is 5.91. The van der Waals surface area contributed by atoms with Gasteiger partial charge in [0.25, 0.3) is 0 Å². The number of nitrogens with one attached hydrogen (secondary N) is 1. The lowest BCUT2D eigenvalue weighted by molar-refractivity contribution is 0.402. The summed E-state index contributed by atoms with van der Waals surface area (Å²) in [5.74, 6) is 1.00. The van der Waals surface area contributed by atoms with Gasteiger partial charge in [-0.25, -0.2) is 13.1 Å². The summed E-state index contributed by atoms with van der Waals surface area (Å²) in [6.45, 7) is 1.90. The van der Waals surface area contributed by atoms with E-state index in [0.717, 1.165) is 0 Å². The van der Waals surface area contributed by atoms with Crippen molar-refractivity contribution in [1.29, 1.82) is 0 Å². The molecule has 0 heterocycles. The Labute approximate surface area is 115 Å².